The van der Waals surface area contributed by atoms with E-state index in [0.29, 0.717) is 29.6 Å². The number of carbonyl (C=O) groups is 2. The molecule has 0 N–H and O–H groups in total. The molecule has 0 saturated heterocycles. The SMILES string of the molecule is COc1cccc(OC)c1C(=O)C(C(=O)OCCC(C)C)C1CCCCC1. The summed E-state index contributed by atoms with van der Waals surface area (Å²) in [5, 5.41) is 0. The van der Waals surface area contributed by atoms with E-state index in [4.69, 9.17) is 14.2 Å². The number of benzene rings is 1. The van der Waals surface area contributed by atoms with E-state index in [1.165, 1.54) is 14.2 Å². The van der Waals surface area contributed by atoms with Crippen molar-refractivity contribution in [2.75, 3.05) is 20.8 Å². The van der Waals surface area contributed by atoms with Crippen LogP contribution >= 0.6 is 0 Å². The third-order valence-corrected chi connectivity index (χ3v) is 5.27. The van der Waals surface area contributed by atoms with Crippen LogP contribution < -0.4 is 9.47 Å². The fourth-order valence-corrected chi connectivity index (χ4v) is 3.72. The quantitative estimate of drug-likeness (QED) is 0.356. The third kappa shape index (κ3) is 5.47. The zero-order chi connectivity index (χ0) is 19.8. The Balaban J connectivity index is 2.32. The Kier molecular flexibility index (Phi) is 8.14. The van der Waals surface area contributed by atoms with Crippen molar-refractivity contribution < 1.29 is 23.8 Å². The highest BCUT2D eigenvalue weighted by Crippen LogP contribution is 2.37. The van der Waals surface area contributed by atoms with Crippen LogP contribution in [-0.4, -0.2) is 32.6 Å². The Morgan fingerprint density at radius 3 is 2.15 bits per heavy atom. The van der Waals surface area contributed by atoms with Gasteiger partial charge in [0.2, 0.25) is 0 Å². The summed E-state index contributed by atoms with van der Waals surface area (Å²) in [4.78, 5) is 26.4. The number of ether oxygens (including phenoxy) is 3. The number of esters is 1. The van der Waals surface area contributed by atoms with Crippen molar-refractivity contribution in [3.63, 3.8) is 0 Å². The first kappa shape index (κ1) is 21.3. The van der Waals surface area contributed by atoms with Crippen molar-refractivity contribution in [1.82, 2.24) is 0 Å². The molecule has 0 radical (unpaired) electrons. The maximum atomic E-state index is 13.5. The Bertz CT molecular complexity index is 609. The van der Waals surface area contributed by atoms with E-state index in [2.05, 4.69) is 13.8 Å². The molecule has 0 aromatic heterocycles. The highest BCUT2D eigenvalue weighted by Gasteiger charge is 2.39. The van der Waals surface area contributed by atoms with Gasteiger partial charge in [-0.15, -0.1) is 0 Å². The summed E-state index contributed by atoms with van der Waals surface area (Å²) in [6.45, 7) is 4.50. The van der Waals surface area contributed by atoms with Gasteiger partial charge in [-0.05, 0) is 43.2 Å². The number of rotatable bonds is 9. The summed E-state index contributed by atoms with van der Waals surface area (Å²) < 4.78 is 16.3. The Hall–Kier alpha value is -2.04. The normalized spacial score (nSPS) is 16.0. The van der Waals surface area contributed by atoms with E-state index in [1.807, 2.05) is 0 Å². The molecule has 1 saturated carbocycles. The average molecular weight is 376 g/mol. The fourth-order valence-electron chi connectivity index (χ4n) is 3.72. The molecule has 0 spiro atoms. The molecule has 5 heteroatoms. The van der Waals surface area contributed by atoms with E-state index in [-0.39, 0.29) is 11.7 Å². The first-order valence-electron chi connectivity index (χ1n) is 9.91. The summed E-state index contributed by atoms with van der Waals surface area (Å²) in [5.74, 6) is -0.178. The zero-order valence-electron chi connectivity index (χ0n) is 17.0. The van der Waals surface area contributed by atoms with Gasteiger partial charge in [0.25, 0.3) is 0 Å². The van der Waals surface area contributed by atoms with E-state index in [0.717, 1.165) is 38.5 Å². The second kappa shape index (κ2) is 10.3. The minimum Gasteiger partial charge on any atom is -0.496 e. The molecule has 0 amide bonds. The van der Waals surface area contributed by atoms with Crippen LogP contribution in [0.2, 0.25) is 0 Å². The number of hydrogen-bond acceptors (Lipinski definition) is 5. The predicted molar refractivity (Wildman–Crippen MR) is 104 cm³/mol. The van der Waals surface area contributed by atoms with Crippen molar-refractivity contribution in [3.8, 4) is 11.5 Å². The number of carbonyl (C=O) groups excluding carboxylic acids is 2. The summed E-state index contributed by atoms with van der Waals surface area (Å²) in [5.41, 5.74) is 0.332. The summed E-state index contributed by atoms with van der Waals surface area (Å²) >= 11 is 0. The lowest BCUT2D eigenvalue weighted by Gasteiger charge is -2.28. The number of hydrogen-bond donors (Lipinski definition) is 0. The van der Waals surface area contributed by atoms with Gasteiger partial charge in [0.15, 0.2) is 5.78 Å². The topological polar surface area (TPSA) is 61.8 Å². The molecule has 1 aliphatic rings. The summed E-state index contributed by atoms with van der Waals surface area (Å²) in [6, 6.07) is 5.21. The maximum absolute atomic E-state index is 13.5. The highest BCUT2D eigenvalue weighted by molar-refractivity contribution is 6.11. The van der Waals surface area contributed by atoms with Crippen LogP contribution in [0.1, 0.15) is 62.7 Å². The lowest BCUT2D eigenvalue weighted by Crippen LogP contribution is -2.35. The highest BCUT2D eigenvalue weighted by atomic mass is 16.5. The van der Waals surface area contributed by atoms with Crippen LogP contribution in [0.3, 0.4) is 0 Å². The van der Waals surface area contributed by atoms with Gasteiger partial charge in [0.1, 0.15) is 23.0 Å². The average Bonchev–Trinajstić information content (AvgIpc) is 2.67. The van der Waals surface area contributed by atoms with Crippen molar-refractivity contribution in [2.45, 2.75) is 52.4 Å². The molecule has 27 heavy (non-hydrogen) atoms. The maximum Gasteiger partial charge on any atom is 0.317 e. The summed E-state index contributed by atoms with van der Waals surface area (Å²) in [6.07, 6.45) is 5.75. The second-order valence-electron chi connectivity index (χ2n) is 7.63. The van der Waals surface area contributed by atoms with Gasteiger partial charge < -0.3 is 14.2 Å². The Morgan fingerprint density at radius 2 is 1.63 bits per heavy atom. The second-order valence-corrected chi connectivity index (χ2v) is 7.63. The molecule has 1 fully saturated rings. The standard InChI is InChI=1S/C22H32O5/c1-15(2)13-14-27-22(24)19(16-9-6-5-7-10-16)21(23)20-17(25-3)11-8-12-18(20)26-4/h8,11-12,15-16,19H,5-7,9-10,13-14H2,1-4H3. The van der Waals surface area contributed by atoms with Crippen molar-refractivity contribution in [1.29, 1.82) is 0 Å². The third-order valence-electron chi connectivity index (χ3n) is 5.27. The smallest absolute Gasteiger partial charge is 0.317 e. The molecule has 1 aromatic rings. The molecule has 0 aliphatic heterocycles. The van der Waals surface area contributed by atoms with Gasteiger partial charge in [0.05, 0.1) is 20.8 Å². The number of methoxy groups -OCH3 is 2. The van der Waals surface area contributed by atoms with Crippen LogP contribution in [0.4, 0.5) is 0 Å². The molecule has 0 heterocycles. The first-order chi connectivity index (χ1) is 13.0. The molecule has 2 rings (SSSR count). The number of ketones is 1. The summed E-state index contributed by atoms with van der Waals surface area (Å²) in [7, 11) is 3.03. The van der Waals surface area contributed by atoms with E-state index in [1.54, 1.807) is 18.2 Å². The van der Waals surface area contributed by atoms with Gasteiger partial charge in [-0.1, -0.05) is 39.2 Å². The lowest BCUT2D eigenvalue weighted by atomic mass is 9.76. The molecule has 1 aliphatic carbocycles. The Morgan fingerprint density at radius 1 is 1.04 bits per heavy atom. The van der Waals surface area contributed by atoms with Crippen LogP contribution in [0, 0.1) is 17.8 Å². The lowest BCUT2D eigenvalue weighted by molar-refractivity contribution is -0.149. The van der Waals surface area contributed by atoms with Crippen molar-refractivity contribution in [2.24, 2.45) is 17.8 Å². The Labute approximate surface area is 162 Å². The molecule has 0 bridgehead atoms. The van der Waals surface area contributed by atoms with E-state index in [9.17, 15) is 9.59 Å². The van der Waals surface area contributed by atoms with E-state index < -0.39 is 11.9 Å². The first-order valence-corrected chi connectivity index (χ1v) is 9.91. The van der Waals surface area contributed by atoms with Crippen LogP contribution in [0.15, 0.2) is 18.2 Å². The minimum atomic E-state index is -0.803. The molecular formula is C22H32O5. The fraction of sp³-hybridized carbons (Fsp3) is 0.636. The molecule has 150 valence electrons. The van der Waals surface area contributed by atoms with Gasteiger partial charge in [-0.3, -0.25) is 9.59 Å². The van der Waals surface area contributed by atoms with Crippen LogP contribution in [0.5, 0.6) is 11.5 Å². The minimum absolute atomic E-state index is 0.00687. The molecule has 1 atom stereocenters. The largest absolute Gasteiger partial charge is 0.496 e. The molecule has 1 aromatic carbocycles. The van der Waals surface area contributed by atoms with Crippen molar-refractivity contribution >= 4 is 11.8 Å². The van der Waals surface area contributed by atoms with Gasteiger partial charge in [-0.25, -0.2) is 0 Å². The van der Waals surface area contributed by atoms with Gasteiger partial charge in [-0.2, -0.15) is 0 Å². The molecular weight excluding hydrogens is 344 g/mol. The van der Waals surface area contributed by atoms with Crippen molar-refractivity contribution in [3.05, 3.63) is 23.8 Å². The molecule has 5 nitrogen and oxygen atoms in total. The predicted octanol–water partition coefficient (Wildman–Crippen LogP) is 4.67. The van der Waals surface area contributed by atoms with Gasteiger partial charge >= 0.3 is 5.97 Å². The molecule has 1 unspecified atom stereocenters. The number of Topliss-reactive ketones (excluding diaryl/α,β-unsaturated/α-hetero) is 1. The monoisotopic (exact) mass is 376 g/mol. The van der Waals surface area contributed by atoms with Crippen LogP contribution in [0.25, 0.3) is 0 Å². The van der Waals surface area contributed by atoms with Crippen LogP contribution in [-0.2, 0) is 9.53 Å². The van der Waals surface area contributed by atoms with Gasteiger partial charge in [0, 0.05) is 0 Å². The van der Waals surface area contributed by atoms with E-state index >= 15 is 0 Å². The zero-order valence-corrected chi connectivity index (χ0v) is 17.0.